The number of carbonyl (C=O) groups is 2. The Kier molecular flexibility index (Phi) is 7.98. The standard InChI is InChI=1S/C19H27N7O2.ClH/c1-12(2)21-19(28)23-15-6-4-14(5-7-15)22-18(27)17-13(3)26(25-24-17)16-8-10-20-11-9-16;/h4-7,12,16,20H,8-11H2,1-3H3,(H,22,27)(H2,21,23,28);1H. The van der Waals surface area contributed by atoms with Crippen LogP contribution in [0, 0.1) is 6.92 Å². The van der Waals surface area contributed by atoms with Gasteiger partial charge in [0.15, 0.2) is 5.69 Å². The van der Waals surface area contributed by atoms with E-state index in [0.717, 1.165) is 31.6 Å². The van der Waals surface area contributed by atoms with Crippen LogP contribution < -0.4 is 21.3 Å². The molecule has 3 amide bonds. The van der Waals surface area contributed by atoms with Gasteiger partial charge in [0.2, 0.25) is 0 Å². The van der Waals surface area contributed by atoms with Gasteiger partial charge in [0.1, 0.15) is 0 Å². The highest BCUT2D eigenvalue weighted by Gasteiger charge is 2.23. The molecule has 158 valence electrons. The minimum absolute atomic E-state index is 0. The molecule has 1 aliphatic heterocycles. The molecule has 1 aliphatic rings. The number of nitrogens with zero attached hydrogens (tertiary/aromatic N) is 3. The summed E-state index contributed by atoms with van der Waals surface area (Å²) in [6, 6.07) is 6.99. The van der Waals surface area contributed by atoms with E-state index < -0.39 is 0 Å². The van der Waals surface area contributed by atoms with Crippen molar-refractivity contribution in [1.29, 1.82) is 0 Å². The number of urea groups is 1. The molecule has 9 nitrogen and oxygen atoms in total. The van der Waals surface area contributed by atoms with Crippen LogP contribution in [0.3, 0.4) is 0 Å². The maximum absolute atomic E-state index is 12.6. The number of anilines is 2. The molecular formula is C19H28ClN7O2. The Balaban J connectivity index is 0.00000300. The van der Waals surface area contributed by atoms with Gasteiger partial charge in [0.25, 0.3) is 5.91 Å². The Morgan fingerprint density at radius 3 is 2.28 bits per heavy atom. The van der Waals surface area contributed by atoms with Gasteiger partial charge < -0.3 is 21.3 Å². The highest BCUT2D eigenvalue weighted by molar-refractivity contribution is 6.03. The number of aromatic nitrogens is 3. The normalized spacial score (nSPS) is 14.2. The highest BCUT2D eigenvalue weighted by Crippen LogP contribution is 2.21. The average Bonchev–Trinajstić information content (AvgIpc) is 3.05. The van der Waals surface area contributed by atoms with Crippen molar-refractivity contribution in [3.05, 3.63) is 35.7 Å². The Morgan fingerprint density at radius 1 is 1.10 bits per heavy atom. The molecule has 1 fully saturated rings. The second kappa shape index (κ2) is 10.2. The Hall–Kier alpha value is -2.65. The summed E-state index contributed by atoms with van der Waals surface area (Å²) in [6.45, 7) is 7.54. The Labute approximate surface area is 176 Å². The third-order valence-electron chi connectivity index (χ3n) is 4.62. The van der Waals surface area contributed by atoms with Crippen molar-refractivity contribution in [3.8, 4) is 0 Å². The topological polar surface area (TPSA) is 113 Å². The maximum atomic E-state index is 12.6. The van der Waals surface area contributed by atoms with Crippen LogP contribution in [0.1, 0.15) is 48.9 Å². The van der Waals surface area contributed by atoms with E-state index in [4.69, 9.17) is 0 Å². The highest BCUT2D eigenvalue weighted by atomic mass is 35.5. The molecular weight excluding hydrogens is 394 g/mol. The van der Waals surface area contributed by atoms with Crippen LogP contribution in [0.5, 0.6) is 0 Å². The predicted octanol–water partition coefficient (Wildman–Crippen LogP) is 2.72. The van der Waals surface area contributed by atoms with E-state index >= 15 is 0 Å². The monoisotopic (exact) mass is 421 g/mol. The molecule has 3 rings (SSSR count). The molecule has 10 heteroatoms. The van der Waals surface area contributed by atoms with Crippen LogP contribution in [-0.2, 0) is 0 Å². The van der Waals surface area contributed by atoms with E-state index in [1.807, 2.05) is 25.5 Å². The first-order valence-corrected chi connectivity index (χ1v) is 9.55. The van der Waals surface area contributed by atoms with Gasteiger partial charge in [-0.15, -0.1) is 17.5 Å². The molecule has 0 atom stereocenters. The van der Waals surface area contributed by atoms with E-state index in [1.54, 1.807) is 24.3 Å². The summed E-state index contributed by atoms with van der Waals surface area (Å²) in [5.41, 5.74) is 2.37. The first kappa shape index (κ1) is 22.6. The van der Waals surface area contributed by atoms with E-state index in [-0.39, 0.29) is 36.4 Å². The molecule has 1 aromatic heterocycles. The SMILES string of the molecule is Cc1c(C(=O)Nc2ccc(NC(=O)NC(C)C)cc2)nnn1C1CCNCC1.Cl. The zero-order valence-corrected chi connectivity index (χ0v) is 17.7. The third kappa shape index (κ3) is 5.91. The minimum Gasteiger partial charge on any atom is -0.336 e. The van der Waals surface area contributed by atoms with Gasteiger partial charge in [-0.25, -0.2) is 9.48 Å². The van der Waals surface area contributed by atoms with Crippen LogP contribution in [0.25, 0.3) is 0 Å². The first-order valence-electron chi connectivity index (χ1n) is 9.55. The molecule has 0 bridgehead atoms. The summed E-state index contributed by atoms with van der Waals surface area (Å²) in [5.74, 6) is -0.295. The van der Waals surface area contributed by atoms with E-state index in [9.17, 15) is 9.59 Å². The molecule has 1 aromatic carbocycles. The van der Waals surface area contributed by atoms with Crippen LogP contribution in [0.2, 0.25) is 0 Å². The molecule has 0 aliphatic carbocycles. The van der Waals surface area contributed by atoms with E-state index in [0.29, 0.717) is 17.1 Å². The third-order valence-corrected chi connectivity index (χ3v) is 4.62. The van der Waals surface area contributed by atoms with Crippen molar-refractivity contribution in [3.63, 3.8) is 0 Å². The molecule has 2 aromatic rings. The van der Waals surface area contributed by atoms with Crippen LogP contribution in [0.15, 0.2) is 24.3 Å². The van der Waals surface area contributed by atoms with Crippen molar-refractivity contribution in [1.82, 2.24) is 25.6 Å². The lowest BCUT2D eigenvalue weighted by Crippen LogP contribution is -2.34. The van der Waals surface area contributed by atoms with Crippen LogP contribution in [-0.4, -0.2) is 46.1 Å². The largest absolute Gasteiger partial charge is 0.336 e. The predicted molar refractivity (Wildman–Crippen MR) is 115 cm³/mol. The summed E-state index contributed by atoms with van der Waals surface area (Å²) in [5, 5.41) is 19.9. The number of nitrogens with one attached hydrogen (secondary N) is 4. The van der Waals surface area contributed by atoms with Gasteiger partial charge in [-0.2, -0.15) is 0 Å². The molecule has 2 heterocycles. The fraction of sp³-hybridized carbons (Fsp3) is 0.474. The fourth-order valence-corrected chi connectivity index (χ4v) is 3.21. The number of hydrogen-bond donors (Lipinski definition) is 4. The van der Waals surface area contributed by atoms with Crippen molar-refractivity contribution in [2.75, 3.05) is 23.7 Å². The van der Waals surface area contributed by atoms with Gasteiger partial charge in [0, 0.05) is 17.4 Å². The van der Waals surface area contributed by atoms with Crippen molar-refractivity contribution in [2.45, 2.75) is 45.7 Å². The number of hydrogen-bond acceptors (Lipinski definition) is 5. The number of halogens is 1. The molecule has 0 spiro atoms. The van der Waals surface area contributed by atoms with Gasteiger partial charge in [-0.3, -0.25) is 4.79 Å². The molecule has 0 radical (unpaired) electrons. The quantitative estimate of drug-likeness (QED) is 0.592. The molecule has 4 N–H and O–H groups in total. The van der Waals surface area contributed by atoms with E-state index in [1.165, 1.54) is 0 Å². The maximum Gasteiger partial charge on any atom is 0.319 e. The van der Waals surface area contributed by atoms with Gasteiger partial charge in [-0.1, -0.05) is 5.21 Å². The molecule has 1 saturated heterocycles. The number of rotatable bonds is 5. The molecule has 0 unspecified atom stereocenters. The van der Waals surface area contributed by atoms with Crippen molar-refractivity contribution >= 4 is 35.7 Å². The van der Waals surface area contributed by atoms with Crippen molar-refractivity contribution < 1.29 is 9.59 Å². The minimum atomic E-state index is -0.295. The first-order chi connectivity index (χ1) is 13.4. The smallest absolute Gasteiger partial charge is 0.319 e. The summed E-state index contributed by atoms with van der Waals surface area (Å²) in [4.78, 5) is 24.3. The second-order valence-electron chi connectivity index (χ2n) is 7.23. The van der Waals surface area contributed by atoms with Crippen molar-refractivity contribution in [2.24, 2.45) is 0 Å². The van der Waals surface area contributed by atoms with Crippen LogP contribution >= 0.6 is 12.4 Å². The lowest BCUT2D eigenvalue weighted by Gasteiger charge is -2.23. The number of benzene rings is 1. The zero-order valence-electron chi connectivity index (χ0n) is 16.9. The molecule has 29 heavy (non-hydrogen) atoms. The lowest BCUT2D eigenvalue weighted by molar-refractivity contribution is 0.102. The summed E-state index contributed by atoms with van der Waals surface area (Å²) in [6.07, 6.45) is 1.95. The fourth-order valence-electron chi connectivity index (χ4n) is 3.21. The number of amides is 3. The Morgan fingerprint density at radius 2 is 1.69 bits per heavy atom. The number of carbonyl (C=O) groups excluding carboxylic acids is 2. The lowest BCUT2D eigenvalue weighted by atomic mass is 10.1. The summed E-state index contributed by atoms with van der Waals surface area (Å²) < 4.78 is 1.86. The van der Waals surface area contributed by atoms with Gasteiger partial charge in [-0.05, 0) is 71.0 Å². The van der Waals surface area contributed by atoms with Gasteiger partial charge in [0.05, 0.1) is 11.7 Å². The summed E-state index contributed by atoms with van der Waals surface area (Å²) in [7, 11) is 0. The number of piperidine rings is 1. The van der Waals surface area contributed by atoms with Crippen LogP contribution in [0.4, 0.5) is 16.2 Å². The Bertz CT molecular complexity index is 830. The average molecular weight is 422 g/mol. The zero-order chi connectivity index (χ0) is 20.1. The summed E-state index contributed by atoms with van der Waals surface area (Å²) >= 11 is 0. The van der Waals surface area contributed by atoms with Gasteiger partial charge >= 0.3 is 6.03 Å². The molecule has 0 saturated carbocycles. The second-order valence-corrected chi connectivity index (χ2v) is 7.23. The van der Waals surface area contributed by atoms with E-state index in [2.05, 4.69) is 31.6 Å².